The summed E-state index contributed by atoms with van der Waals surface area (Å²) < 4.78 is 0. The van der Waals surface area contributed by atoms with E-state index in [9.17, 15) is 14.7 Å². The highest BCUT2D eigenvalue weighted by atomic mass is 32.1. The van der Waals surface area contributed by atoms with E-state index in [0.717, 1.165) is 29.7 Å². The lowest BCUT2D eigenvalue weighted by Crippen LogP contribution is -2.30. The smallest absolute Gasteiger partial charge is 0.295 e. The molecule has 6 heteroatoms. The van der Waals surface area contributed by atoms with Crippen molar-refractivity contribution in [2.45, 2.75) is 39.2 Å². The number of hydrogen-bond acceptors (Lipinski definition) is 5. The number of aromatic nitrogens is 1. The summed E-state index contributed by atoms with van der Waals surface area (Å²) in [6, 6.07) is 4.72. The first-order valence-corrected chi connectivity index (χ1v) is 9.67. The summed E-state index contributed by atoms with van der Waals surface area (Å²) in [6.07, 6.45) is 5.96. The molecule has 1 aliphatic rings. The summed E-state index contributed by atoms with van der Waals surface area (Å²) in [5.74, 6) is -1.29. The summed E-state index contributed by atoms with van der Waals surface area (Å²) >= 11 is 1.51. The van der Waals surface area contributed by atoms with Crippen LogP contribution >= 0.6 is 11.3 Å². The van der Waals surface area contributed by atoms with Crippen molar-refractivity contribution in [2.24, 2.45) is 0 Å². The van der Waals surface area contributed by atoms with Crippen molar-refractivity contribution in [3.05, 3.63) is 57.6 Å². The van der Waals surface area contributed by atoms with E-state index in [0.29, 0.717) is 12.1 Å². The molecule has 0 aliphatic carbocycles. The van der Waals surface area contributed by atoms with Crippen molar-refractivity contribution in [1.29, 1.82) is 0 Å². The van der Waals surface area contributed by atoms with Crippen LogP contribution in [0.25, 0.3) is 5.76 Å². The maximum atomic E-state index is 12.8. The summed E-state index contributed by atoms with van der Waals surface area (Å²) in [5.41, 5.74) is 1.68. The van der Waals surface area contributed by atoms with Crippen LogP contribution in [0.1, 0.15) is 48.2 Å². The molecule has 1 aliphatic heterocycles. The fraction of sp³-hybridized carbons (Fsp3) is 0.350. The second kappa shape index (κ2) is 7.83. The van der Waals surface area contributed by atoms with Gasteiger partial charge in [-0.15, -0.1) is 11.3 Å². The zero-order valence-electron chi connectivity index (χ0n) is 14.9. The number of pyridine rings is 1. The Bertz CT molecular complexity index is 842. The van der Waals surface area contributed by atoms with Crippen molar-refractivity contribution < 1.29 is 14.7 Å². The van der Waals surface area contributed by atoms with E-state index in [4.69, 9.17) is 0 Å². The number of Topliss-reactive ketones (excluding diaryl/α,β-unsaturated/α-hetero) is 1. The summed E-state index contributed by atoms with van der Waals surface area (Å²) in [7, 11) is 0. The fourth-order valence-electron chi connectivity index (χ4n) is 3.25. The first kappa shape index (κ1) is 18.3. The molecule has 1 fully saturated rings. The Morgan fingerprint density at radius 1 is 1.23 bits per heavy atom. The number of hydrogen-bond donors (Lipinski definition) is 1. The third kappa shape index (κ3) is 3.29. The lowest BCUT2D eigenvalue weighted by atomic mass is 9.99. The topological polar surface area (TPSA) is 70.5 Å². The van der Waals surface area contributed by atoms with Gasteiger partial charge in [-0.3, -0.25) is 14.6 Å². The molecular formula is C20H22N2O3S. The second-order valence-corrected chi connectivity index (χ2v) is 7.35. The zero-order chi connectivity index (χ0) is 18.7. The number of amides is 1. The largest absolute Gasteiger partial charge is 0.507 e. The number of rotatable bonds is 6. The summed E-state index contributed by atoms with van der Waals surface area (Å²) in [4.78, 5) is 31.9. The molecule has 1 amide bonds. The minimum atomic E-state index is -0.617. The quantitative estimate of drug-likeness (QED) is 0.360. The standard InChI is InChI=1S/C20H22N2O3S/c1-3-4-5-11-22-16(19-13(2)8-12-26-19)15(18(24)20(22)25)17(23)14-6-9-21-10-7-14/h6-10,12,16,23H,3-5,11H2,1-2H3/b17-15-. The molecule has 0 radical (unpaired) electrons. The SMILES string of the molecule is CCCCCN1C(=O)C(=O)/C(=C(\O)c2ccncc2)C1c1sccc1C. The Hall–Kier alpha value is -2.47. The van der Waals surface area contributed by atoms with Gasteiger partial charge in [-0.05, 0) is 42.5 Å². The second-order valence-electron chi connectivity index (χ2n) is 6.40. The number of thiophene rings is 1. The first-order valence-electron chi connectivity index (χ1n) is 8.79. The van der Waals surface area contributed by atoms with Gasteiger partial charge in [0.05, 0.1) is 11.6 Å². The minimum absolute atomic E-state index is 0.137. The Morgan fingerprint density at radius 2 is 1.96 bits per heavy atom. The van der Waals surface area contributed by atoms with E-state index in [1.54, 1.807) is 29.4 Å². The van der Waals surface area contributed by atoms with Crippen LogP contribution in [-0.2, 0) is 9.59 Å². The van der Waals surface area contributed by atoms with Crippen molar-refractivity contribution >= 4 is 28.8 Å². The van der Waals surface area contributed by atoms with Crippen molar-refractivity contribution in [1.82, 2.24) is 9.88 Å². The van der Waals surface area contributed by atoms with Crippen LogP contribution in [0.3, 0.4) is 0 Å². The average Bonchev–Trinajstić information content (AvgIpc) is 3.18. The highest BCUT2D eigenvalue weighted by Gasteiger charge is 2.46. The van der Waals surface area contributed by atoms with Gasteiger partial charge in [-0.25, -0.2) is 0 Å². The molecule has 0 bridgehead atoms. The number of carbonyl (C=O) groups is 2. The van der Waals surface area contributed by atoms with E-state index in [1.807, 2.05) is 18.4 Å². The molecule has 1 atom stereocenters. The number of aryl methyl sites for hydroxylation is 1. The number of ketones is 1. The molecule has 3 rings (SSSR count). The Morgan fingerprint density at radius 3 is 2.58 bits per heavy atom. The lowest BCUT2D eigenvalue weighted by Gasteiger charge is -2.24. The summed E-state index contributed by atoms with van der Waals surface area (Å²) in [6.45, 7) is 4.57. The van der Waals surface area contributed by atoms with Gasteiger partial charge < -0.3 is 10.0 Å². The maximum Gasteiger partial charge on any atom is 0.295 e. The molecule has 2 aromatic heterocycles. The number of likely N-dealkylation sites (tertiary alicyclic amines) is 1. The third-order valence-electron chi connectivity index (χ3n) is 4.65. The molecule has 0 spiro atoms. The van der Waals surface area contributed by atoms with Crippen molar-refractivity contribution in [3.63, 3.8) is 0 Å². The molecule has 5 nitrogen and oxygen atoms in total. The van der Waals surface area contributed by atoms with E-state index >= 15 is 0 Å². The van der Waals surface area contributed by atoms with E-state index in [1.165, 1.54) is 11.3 Å². The molecule has 136 valence electrons. The Labute approximate surface area is 157 Å². The van der Waals surface area contributed by atoms with Crippen LogP contribution in [0.15, 0.2) is 41.5 Å². The van der Waals surface area contributed by atoms with Crippen LogP contribution in [-0.4, -0.2) is 33.2 Å². The number of nitrogens with zero attached hydrogens (tertiary/aromatic N) is 2. The van der Waals surface area contributed by atoms with Gasteiger partial charge in [0, 0.05) is 29.4 Å². The fourth-order valence-corrected chi connectivity index (χ4v) is 4.29. The van der Waals surface area contributed by atoms with Crippen LogP contribution < -0.4 is 0 Å². The first-order chi connectivity index (χ1) is 12.6. The molecule has 1 N–H and O–H groups in total. The van der Waals surface area contributed by atoms with Gasteiger partial charge in [0.2, 0.25) is 0 Å². The van der Waals surface area contributed by atoms with Gasteiger partial charge >= 0.3 is 0 Å². The van der Waals surface area contributed by atoms with E-state index in [2.05, 4.69) is 11.9 Å². The molecule has 2 aromatic rings. The zero-order valence-corrected chi connectivity index (χ0v) is 15.8. The van der Waals surface area contributed by atoms with Crippen LogP contribution in [0.4, 0.5) is 0 Å². The molecule has 0 saturated carbocycles. The van der Waals surface area contributed by atoms with Crippen LogP contribution in [0, 0.1) is 6.92 Å². The van der Waals surface area contributed by atoms with Crippen LogP contribution in [0.5, 0.6) is 0 Å². The number of aliphatic hydroxyl groups excluding tert-OH is 1. The van der Waals surface area contributed by atoms with Crippen LogP contribution in [0.2, 0.25) is 0 Å². The molecule has 1 saturated heterocycles. The monoisotopic (exact) mass is 370 g/mol. The highest BCUT2D eigenvalue weighted by Crippen LogP contribution is 2.42. The van der Waals surface area contributed by atoms with Gasteiger partial charge in [0.25, 0.3) is 11.7 Å². The molecule has 26 heavy (non-hydrogen) atoms. The highest BCUT2D eigenvalue weighted by molar-refractivity contribution is 7.10. The van der Waals surface area contributed by atoms with Gasteiger partial charge in [0.1, 0.15) is 5.76 Å². The average molecular weight is 370 g/mol. The van der Waals surface area contributed by atoms with E-state index < -0.39 is 17.7 Å². The molecule has 0 aromatic carbocycles. The predicted molar refractivity (Wildman–Crippen MR) is 102 cm³/mol. The van der Waals surface area contributed by atoms with Crippen molar-refractivity contribution in [2.75, 3.05) is 6.54 Å². The minimum Gasteiger partial charge on any atom is -0.507 e. The third-order valence-corrected chi connectivity index (χ3v) is 5.72. The Kier molecular flexibility index (Phi) is 5.52. The molecule has 1 unspecified atom stereocenters. The van der Waals surface area contributed by atoms with Gasteiger partial charge in [-0.2, -0.15) is 0 Å². The van der Waals surface area contributed by atoms with Crippen molar-refractivity contribution in [3.8, 4) is 0 Å². The normalized spacial score (nSPS) is 19.3. The maximum absolute atomic E-state index is 12.8. The molecular weight excluding hydrogens is 348 g/mol. The number of unbranched alkanes of at least 4 members (excludes halogenated alkanes) is 2. The van der Waals surface area contributed by atoms with Gasteiger partial charge in [-0.1, -0.05) is 19.8 Å². The number of aliphatic hydroxyl groups is 1. The molecule has 3 heterocycles. The van der Waals surface area contributed by atoms with E-state index in [-0.39, 0.29) is 11.3 Å². The summed E-state index contributed by atoms with van der Waals surface area (Å²) in [5, 5.41) is 12.8. The Balaban J connectivity index is 2.10. The number of carbonyl (C=O) groups excluding carboxylic acids is 2. The lowest BCUT2D eigenvalue weighted by molar-refractivity contribution is -0.139. The van der Waals surface area contributed by atoms with Gasteiger partial charge in [0.15, 0.2) is 0 Å². The predicted octanol–water partition coefficient (Wildman–Crippen LogP) is 4.06.